The second kappa shape index (κ2) is 5.39. The van der Waals surface area contributed by atoms with Crippen LogP contribution in [0.15, 0.2) is 60.5 Å². The third-order valence-electron chi connectivity index (χ3n) is 3.88. The lowest BCUT2D eigenvalue weighted by atomic mass is 10.1. The summed E-state index contributed by atoms with van der Waals surface area (Å²) in [5.41, 5.74) is 4.51. The fraction of sp³-hybridized carbons (Fsp3) is 0.111. The van der Waals surface area contributed by atoms with Gasteiger partial charge in [-0.25, -0.2) is 9.97 Å². The molecule has 1 aromatic carbocycles. The summed E-state index contributed by atoms with van der Waals surface area (Å²) < 4.78 is 2.27. The summed E-state index contributed by atoms with van der Waals surface area (Å²) in [4.78, 5) is 10.0. The molecule has 0 saturated carbocycles. The zero-order chi connectivity index (χ0) is 14.9. The Hall–Kier alpha value is -2.46. The fourth-order valence-electron chi connectivity index (χ4n) is 2.85. The van der Waals surface area contributed by atoms with Gasteiger partial charge in [-0.1, -0.05) is 24.3 Å². The number of nitrogens with zero attached hydrogens (tertiary/aromatic N) is 3. The topological polar surface area (TPSA) is 30.7 Å². The Bertz CT molecular complexity index is 923. The molecule has 0 aliphatic heterocycles. The van der Waals surface area contributed by atoms with Gasteiger partial charge in [0.05, 0.1) is 5.69 Å². The molecule has 4 aromatic rings. The van der Waals surface area contributed by atoms with Crippen LogP contribution in [-0.4, -0.2) is 14.5 Å². The van der Waals surface area contributed by atoms with Gasteiger partial charge in [0.2, 0.25) is 0 Å². The minimum Gasteiger partial charge on any atom is -0.347 e. The van der Waals surface area contributed by atoms with Gasteiger partial charge in [-0.15, -0.1) is 11.3 Å². The third-order valence-corrected chi connectivity index (χ3v) is 4.79. The minimum absolute atomic E-state index is 0.944. The van der Waals surface area contributed by atoms with E-state index in [1.165, 1.54) is 21.3 Å². The lowest BCUT2D eigenvalue weighted by molar-refractivity contribution is 0.798. The van der Waals surface area contributed by atoms with E-state index in [-0.39, 0.29) is 0 Å². The van der Waals surface area contributed by atoms with Crippen molar-refractivity contribution in [1.29, 1.82) is 0 Å². The first-order valence-corrected chi connectivity index (χ1v) is 8.18. The Morgan fingerprint density at radius 1 is 1.09 bits per heavy atom. The third kappa shape index (κ3) is 2.04. The van der Waals surface area contributed by atoms with Crippen molar-refractivity contribution < 1.29 is 0 Å². The average molecular weight is 305 g/mol. The van der Waals surface area contributed by atoms with Gasteiger partial charge in [-0.05, 0) is 24.4 Å². The van der Waals surface area contributed by atoms with Crippen LogP contribution < -0.4 is 0 Å². The van der Waals surface area contributed by atoms with Gasteiger partial charge in [0, 0.05) is 45.8 Å². The molecule has 0 amide bonds. The first-order chi connectivity index (χ1) is 10.9. The zero-order valence-electron chi connectivity index (χ0n) is 12.2. The zero-order valence-corrected chi connectivity index (χ0v) is 13.0. The maximum atomic E-state index is 4.58. The van der Waals surface area contributed by atoms with Crippen molar-refractivity contribution in [2.24, 2.45) is 0 Å². The predicted molar refractivity (Wildman–Crippen MR) is 92.0 cm³/mol. The van der Waals surface area contributed by atoms with Gasteiger partial charge in [0.1, 0.15) is 6.33 Å². The van der Waals surface area contributed by atoms with Crippen LogP contribution in [0.5, 0.6) is 0 Å². The highest BCUT2D eigenvalue weighted by Crippen LogP contribution is 2.36. The summed E-state index contributed by atoms with van der Waals surface area (Å²) in [6.45, 7) is 3.11. The Morgan fingerprint density at radius 2 is 2.00 bits per heavy atom. The van der Waals surface area contributed by atoms with Crippen LogP contribution >= 0.6 is 11.3 Å². The molecule has 0 spiro atoms. The predicted octanol–water partition coefficient (Wildman–Crippen LogP) is 4.85. The van der Waals surface area contributed by atoms with E-state index in [4.69, 9.17) is 0 Å². The van der Waals surface area contributed by atoms with Crippen LogP contribution in [0.1, 0.15) is 6.92 Å². The molecule has 0 bridgehead atoms. The maximum Gasteiger partial charge on any atom is 0.116 e. The molecule has 0 aliphatic carbocycles. The van der Waals surface area contributed by atoms with Crippen molar-refractivity contribution in [2.45, 2.75) is 13.5 Å². The van der Waals surface area contributed by atoms with Crippen LogP contribution in [-0.2, 0) is 6.54 Å². The number of para-hydroxylation sites is 1. The Labute approximate surface area is 132 Å². The van der Waals surface area contributed by atoms with Crippen LogP contribution in [0.4, 0.5) is 0 Å². The quantitative estimate of drug-likeness (QED) is 0.542. The molecule has 0 saturated heterocycles. The van der Waals surface area contributed by atoms with Crippen molar-refractivity contribution >= 4 is 22.2 Å². The number of benzene rings is 1. The number of aromatic nitrogens is 3. The summed E-state index contributed by atoms with van der Waals surface area (Å²) in [6.07, 6.45) is 5.74. The molecule has 0 unspecified atom stereocenters. The molecule has 0 radical (unpaired) electrons. The number of aryl methyl sites for hydroxylation is 1. The number of hydrogen-bond acceptors (Lipinski definition) is 3. The first kappa shape index (κ1) is 13.2. The van der Waals surface area contributed by atoms with E-state index in [1.54, 1.807) is 17.7 Å². The summed E-state index contributed by atoms with van der Waals surface area (Å²) in [6, 6.07) is 12.7. The van der Waals surface area contributed by atoms with Gasteiger partial charge in [-0.2, -0.15) is 0 Å². The molecule has 22 heavy (non-hydrogen) atoms. The molecule has 3 aromatic heterocycles. The highest BCUT2D eigenvalue weighted by atomic mass is 32.1. The summed E-state index contributed by atoms with van der Waals surface area (Å²) >= 11 is 1.72. The molecule has 0 aliphatic rings. The fourth-order valence-corrected chi connectivity index (χ4v) is 3.59. The number of thiophene rings is 1. The Morgan fingerprint density at radius 3 is 2.82 bits per heavy atom. The van der Waals surface area contributed by atoms with E-state index in [0.29, 0.717) is 0 Å². The normalized spacial score (nSPS) is 11.1. The minimum atomic E-state index is 0.944. The number of fused-ring (bicyclic) bond motifs is 1. The molecule has 4 rings (SSSR count). The molecule has 3 nitrogen and oxygen atoms in total. The van der Waals surface area contributed by atoms with E-state index in [2.05, 4.69) is 69.4 Å². The van der Waals surface area contributed by atoms with E-state index in [9.17, 15) is 0 Å². The Balaban J connectivity index is 2.01. The second-order valence-electron chi connectivity index (χ2n) is 5.11. The molecule has 3 heterocycles. The number of rotatable bonds is 3. The van der Waals surface area contributed by atoms with E-state index >= 15 is 0 Å². The Kier molecular flexibility index (Phi) is 3.24. The van der Waals surface area contributed by atoms with Crippen molar-refractivity contribution in [3.05, 3.63) is 60.5 Å². The lowest BCUT2D eigenvalue weighted by Crippen LogP contribution is -1.90. The molecule has 0 atom stereocenters. The largest absolute Gasteiger partial charge is 0.347 e. The molecule has 108 valence electrons. The van der Waals surface area contributed by atoms with Crippen molar-refractivity contribution in [1.82, 2.24) is 14.5 Å². The highest BCUT2D eigenvalue weighted by Gasteiger charge is 2.15. The van der Waals surface area contributed by atoms with Crippen molar-refractivity contribution in [2.75, 3.05) is 0 Å². The standard InChI is InChI=1S/C18H15N3S/c1-2-21-11-15(13-6-3-4-7-16(13)21)18-14(10-19-12-20-18)17-8-5-9-22-17/h3-12H,2H2,1H3. The lowest BCUT2D eigenvalue weighted by Gasteiger charge is -2.05. The molecule has 4 heteroatoms. The van der Waals surface area contributed by atoms with Crippen LogP contribution in [0.25, 0.3) is 32.6 Å². The van der Waals surface area contributed by atoms with Gasteiger partial charge in [0.15, 0.2) is 0 Å². The van der Waals surface area contributed by atoms with Crippen molar-refractivity contribution in [3.63, 3.8) is 0 Å². The number of hydrogen-bond donors (Lipinski definition) is 0. The summed E-state index contributed by atoms with van der Waals surface area (Å²) in [5.74, 6) is 0. The van der Waals surface area contributed by atoms with Gasteiger partial charge in [-0.3, -0.25) is 0 Å². The van der Waals surface area contributed by atoms with Gasteiger partial charge < -0.3 is 4.57 Å². The van der Waals surface area contributed by atoms with Crippen LogP contribution in [0.3, 0.4) is 0 Å². The molecule has 0 N–H and O–H groups in total. The monoisotopic (exact) mass is 305 g/mol. The molecule has 0 fully saturated rings. The van der Waals surface area contributed by atoms with Gasteiger partial charge >= 0.3 is 0 Å². The van der Waals surface area contributed by atoms with E-state index in [1.807, 2.05) is 6.20 Å². The average Bonchev–Trinajstić information content (AvgIpc) is 3.23. The van der Waals surface area contributed by atoms with E-state index < -0.39 is 0 Å². The molecular formula is C18H15N3S. The van der Waals surface area contributed by atoms with E-state index in [0.717, 1.165) is 17.8 Å². The molecular weight excluding hydrogens is 290 g/mol. The second-order valence-corrected chi connectivity index (χ2v) is 6.06. The smallest absolute Gasteiger partial charge is 0.116 e. The SMILES string of the molecule is CCn1cc(-c2ncncc2-c2cccs2)c2ccccc21. The van der Waals surface area contributed by atoms with Crippen LogP contribution in [0.2, 0.25) is 0 Å². The maximum absolute atomic E-state index is 4.58. The van der Waals surface area contributed by atoms with Crippen molar-refractivity contribution in [3.8, 4) is 21.7 Å². The summed E-state index contributed by atoms with van der Waals surface area (Å²) in [7, 11) is 0. The first-order valence-electron chi connectivity index (χ1n) is 7.30. The van der Waals surface area contributed by atoms with Crippen LogP contribution in [0, 0.1) is 0 Å². The summed E-state index contributed by atoms with van der Waals surface area (Å²) in [5, 5.41) is 3.32. The highest BCUT2D eigenvalue weighted by molar-refractivity contribution is 7.13. The van der Waals surface area contributed by atoms with Gasteiger partial charge in [0.25, 0.3) is 0 Å².